The van der Waals surface area contributed by atoms with Crippen LogP contribution in [-0.2, 0) is 16.0 Å². The quantitative estimate of drug-likeness (QED) is 0.650. The summed E-state index contributed by atoms with van der Waals surface area (Å²) in [6, 6.07) is 1.60. The van der Waals surface area contributed by atoms with Gasteiger partial charge in [-0.25, -0.2) is 0 Å². The molecule has 0 aromatic heterocycles. The SMILES string of the molecule is Cc1c(O)cc(CC[C@]2(C)CCC(=O)O2)c(O)c1C. The summed E-state index contributed by atoms with van der Waals surface area (Å²) in [4.78, 5) is 11.2. The van der Waals surface area contributed by atoms with E-state index in [9.17, 15) is 15.0 Å². The van der Waals surface area contributed by atoms with Crippen LogP contribution < -0.4 is 0 Å². The monoisotopic (exact) mass is 264 g/mol. The van der Waals surface area contributed by atoms with Crippen LogP contribution in [-0.4, -0.2) is 21.8 Å². The number of ether oxygens (including phenoxy) is 1. The molecule has 0 spiro atoms. The second-order valence-electron chi connectivity index (χ2n) is 5.58. The number of benzene rings is 1. The summed E-state index contributed by atoms with van der Waals surface area (Å²) in [6.45, 7) is 5.47. The lowest BCUT2D eigenvalue weighted by Gasteiger charge is -2.23. The summed E-state index contributed by atoms with van der Waals surface area (Å²) in [5, 5.41) is 19.9. The third-order valence-electron chi connectivity index (χ3n) is 4.06. The van der Waals surface area contributed by atoms with E-state index >= 15 is 0 Å². The van der Waals surface area contributed by atoms with Gasteiger partial charge >= 0.3 is 5.97 Å². The fourth-order valence-electron chi connectivity index (χ4n) is 2.46. The van der Waals surface area contributed by atoms with Crippen LogP contribution in [0.4, 0.5) is 0 Å². The van der Waals surface area contributed by atoms with Crippen LogP contribution in [0.1, 0.15) is 42.9 Å². The zero-order valence-corrected chi connectivity index (χ0v) is 11.6. The van der Waals surface area contributed by atoms with Gasteiger partial charge in [0, 0.05) is 6.42 Å². The maximum absolute atomic E-state index is 11.2. The highest BCUT2D eigenvalue weighted by molar-refractivity contribution is 5.72. The molecule has 0 amide bonds. The zero-order chi connectivity index (χ0) is 14.2. The molecule has 0 saturated carbocycles. The third-order valence-corrected chi connectivity index (χ3v) is 4.06. The Kier molecular flexibility index (Phi) is 3.43. The van der Waals surface area contributed by atoms with Crippen molar-refractivity contribution in [3.8, 4) is 11.5 Å². The molecule has 1 saturated heterocycles. The maximum Gasteiger partial charge on any atom is 0.306 e. The number of cyclic esters (lactones) is 1. The molecule has 4 nitrogen and oxygen atoms in total. The number of phenolic OH excluding ortho intramolecular Hbond substituents is 2. The fourth-order valence-corrected chi connectivity index (χ4v) is 2.46. The normalized spacial score (nSPS) is 22.6. The fraction of sp³-hybridized carbons (Fsp3) is 0.533. The van der Waals surface area contributed by atoms with Crippen molar-refractivity contribution < 1.29 is 19.7 Å². The summed E-state index contributed by atoms with van der Waals surface area (Å²) in [5.74, 6) is 0.261. The lowest BCUT2D eigenvalue weighted by Crippen LogP contribution is -2.24. The van der Waals surface area contributed by atoms with E-state index in [1.165, 1.54) is 0 Å². The third kappa shape index (κ3) is 2.67. The molecule has 2 rings (SSSR count). The van der Waals surface area contributed by atoms with Crippen LogP contribution in [0.25, 0.3) is 0 Å². The van der Waals surface area contributed by atoms with Crippen molar-refractivity contribution >= 4 is 5.97 Å². The lowest BCUT2D eigenvalue weighted by molar-refractivity contribution is -0.147. The van der Waals surface area contributed by atoms with Crippen molar-refractivity contribution in [2.75, 3.05) is 0 Å². The van der Waals surface area contributed by atoms with Gasteiger partial charge in [0.2, 0.25) is 0 Å². The van der Waals surface area contributed by atoms with E-state index in [4.69, 9.17) is 4.74 Å². The topological polar surface area (TPSA) is 66.8 Å². The molecule has 1 fully saturated rings. The molecule has 1 aromatic rings. The van der Waals surface area contributed by atoms with Crippen LogP contribution in [0.5, 0.6) is 11.5 Å². The molecule has 0 aliphatic carbocycles. The number of carbonyl (C=O) groups excluding carboxylic acids is 1. The second-order valence-corrected chi connectivity index (χ2v) is 5.58. The highest BCUT2D eigenvalue weighted by Crippen LogP contribution is 2.36. The van der Waals surface area contributed by atoms with Gasteiger partial charge in [-0.2, -0.15) is 0 Å². The van der Waals surface area contributed by atoms with Gasteiger partial charge in [0.1, 0.15) is 17.1 Å². The standard InChI is InChI=1S/C15H20O4/c1-9-10(2)14(18)11(8-12(9)16)4-6-15(3)7-5-13(17)19-15/h8,16,18H,4-7H2,1-3H3/t15-/m1/s1. The van der Waals surface area contributed by atoms with Crippen molar-refractivity contribution in [3.05, 3.63) is 22.8 Å². The number of aryl methyl sites for hydroxylation is 1. The van der Waals surface area contributed by atoms with Gasteiger partial charge in [0.05, 0.1) is 0 Å². The average molecular weight is 264 g/mol. The van der Waals surface area contributed by atoms with E-state index < -0.39 is 5.60 Å². The predicted molar refractivity (Wildman–Crippen MR) is 71.3 cm³/mol. The highest BCUT2D eigenvalue weighted by Gasteiger charge is 2.35. The van der Waals surface area contributed by atoms with Gasteiger partial charge in [0.15, 0.2) is 0 Å². The van der Waals surface area contributed by atoms with Gasteiger partial charge in [0.25, 0.3) is 0 Å². The van der Waals surface area contributed by atoms with Crippen LogP contribution in [0, 0.1) is 13.8 Å². The van der Waals surface area contributed by atoms with Gasteiger partial charge in [-0.05, 0) is 62.8 Å². The molecule has 104 valence electrons. The Labute approximate surface area is 113 Å². The molecule has 1 aliphatic heterocycles. The van der Waals surface area contributed by atoms with Crippen molar-refractivity contribution in [3.63, 3.8) is 0 Å². The number of carbonyl (C=O) groups is 1. The van der Waals surface area contributed by atoms with E-state index in [2.05, 4.69) is 0 Å². The minimum atomic E-state index is -0.446. The molecule has 0 bridgehead atoms. The Bertz CT molecular complexity index is 521. The Balaban J connectivity index is 2.14. The molecule has 1 heterocycles. The van der Waals surface area contributed by atoms with E-state index in [0.29, 0.717) is 42.4 Å². The van der Waals surface area contributed by atoms with Crippen molar-refractivity contribution in [2.24, 2.45) is 0 Å². The van der Waals surface area contributed by atoms with Gasteiger partial charge in [-0.15, -0.1) is 0 Å². The van der Waals surface area contributed by atoms with Gasteiger partial charge < -0.3 is 14.9 Å². The molecule has 4 heteroatoms. The summed E-state index contributed by atoms with van der Waals surface area (Å²) in [7, 11) is 0. The number of hydrogen-bond donors (Lipinski definition) is 2. The van der Waals surface area contributed by atoms with Crippen LogP contribution in [0.15, 0.2) is 6.07 Å². The number of hydrogen-bond acceptors (Lipinski definition) is 4. The van der Waals surface area contributed by atoms with E-state index in [0.717, 1.165) is 0 Å². The first-order valence-corrected chi connectivity index (χ1v) is 6.55. The molecule has 1 aromatic carbocycles. The summed E-state index contributed by atoms with van der Waals surface area (Å²) >= 11 is 0. The first-order valence-electron chi connectivity index (χ1n) is 6.55. The molecule has 0 unspecified atom stereocenters. The van der Waals surface area contributed by atoms with Crippen molar-refractivity contribution in [2.45, 2.75) is 52.1 Å². The summed E-state index contributed by atoms with van der Waals surface area (Å²) in [6.07, 6.45) is 2.39. The van der Waals surface area contributed by atoms with Crippen LogP contribution in [0.3, 0.4) is 0 Å². The molecular weight excluding hydrogens is 244 g/mol. The van der Waals surface area contributed by atoms with Crippen LogP contribution in [0.2, 0.25) is 0 Å². The number of aromatic hydroxyl groups is 2. The Morgan fingerprint density at radius 1 is 1.32 bits per heavy atom. The highest BCUT2D eigenvalue weighted by atomic mass is 16.6. The largest absolute Gasteiger partial charge is 0.508 e. The first-order chi connectivity index (χ1) is 8.82. The predicted octanol–water partition coefficient (Wildman–Crippen LogP) is 2.74. The second kappa shape index (κ2) is 4.76. The summed E-state index contributed by atoms with van der Waals surface area (Å²) < 4.78 is 5.31. The van der Waals surface area contributed by atoms with Crippen LogP contribution >= 0.6 is 0 Å². The number of esters is 1. The molecule has 19 heavy (non-hydrogen) atoms. The smallest absolute Gasteiger partial charge is 0.306 e. The minimum Gasteiger partial charge on any atom is -0.508 e. The van der Waals surface area contributed by atoms with Gasteiger partial charge in [-0.1, -0.05) is 0 Å². The van der Waals surface area contributed by atoms with E-state index in [1.54, 1.807) is 19.9 Å². The maximum atomic E-state index is 11.2. The van der Waals surface area contributed by atoms with E-state index in [-0.39, 0.29) is 17.5 Å². The lowest BCUT2D eigenvalue weighted by atomic mass is 9.92. The van der Waals surface area contributed by atoms with E-state index in [1.807, 2.05) is 6.92 Å². The van der Waals surface area contributed by atoms with Crippen molar-refractivity contribution in [1.29, 1.82) is 0 Å². The molecular formula is C15H20O4. The molecule has 2 N–H and O–H groups in total. The Hall–Kier alpha value is -1.71. The van der Waals surface area contributed by atoms with Crippen molar-refractivity contribution in [1.82, 2.24) is 0 Å². The molecule has 1 atom stereocenters. The number of rotatable bonds is 3. The average Bonchev–Trinajstić information content (AvgIpc) is 2.70. The summed E-state index contributed by atoms with van der Waals surface area (Å²) in [5.41, 5.74) is 1.64. The minimum absolute atomic E-state index is 0.158. The Morgan fingerprint density at radius 2 is 2.00 bits per heavy atom. The van der Waals surface area contributed by atoms with Gasteiger partial charge in [-0.3, -0.25) is 4.79 Å². The number of phenols is 2. The molecule has 1 aliphatic rings. The molecule has 0 radical (unpaired) electrons. The Morgan fingerprint density at radius 3 is 2.58 bits per heavy atom. The zero-order valence-electron chi connectivity index (χ0n) is 11.6. The first kappa shape index (κ1) is 13.7.